The lowest BCUT2D eigenvalue weighted by atomic mass is 9.96. The predicted molar refractivity (Wildman–Crippen MR) is 55.4 cm³/mol. The molecule has 0 aromatic heterocycles. The van der Waals surface area contributed by atoms with Crippen molar-refractivity contribution in [2.45, 2.75) is 25.0 Å². The molecular weight excluding hydrogens is 190 g/mol. The summed E-state index contributed by atoms with van der Waals surface area (Å²) in [6.45, 7) is 2.25. The van der Waals surface area contributed by atoms with E-state index in [4.69, 9.17) is 4.74 Å². The molecule has 3 rings (SSSR count). The molecule has 0 radical (unpaired) electrons. The number of rotatable bonds is 0. The Morgan fingerprint density at radius 3 is 3.13 bits per heavy atom. The van der Waals surface area contributed by atoms with Crippen LogP contribution in [0.5, 0.6) is 0 Å². The van der Waals surface area contributed by atoms with Gasteiger partial charge in [0.25, 0.3) is 0 Å². The first-order valence-corrected chi connectivity index (χ1v) is 5.20. The Balaban J connectivity index is 2.07. The molecule has 1 amide bonds. The first-order chi connectivity index (χ1) is 7.19. The summed E-state index contributed by atoms with van der Waals surface area (Å²) in [5.41, 5.74) is 2.23. The van der Waals surface area contributed by atoms with E-state index in [1.54, 1.807) is 0 Å². The molecule has 2 atom stereocenters. The molecule has 2 aliphatic rings. The van der Waals surface area contributed by atoms with Gasteiger partial charge in [-0.3, -0.25) is 4.79 Å². The van der Waals surface area contributed by atoms with Gasteiger partial charge in [0, 0.05) is 6.42 Å². The molecule has 3 heteroatoms. The fourth-order valence-electron chi connectivity index (χ4n) is 2.58. The monoisotopic (exact) mass is 203 g/mol. The molecule has 1 heterocycles. The lowest BCUT2D eigenvalue weighted by Gasteiger charge is -2.36. The van der Waals surface area contributed by atoms with Gasteiger partial charge >= 0.3 is 0 Å². The van der Waals surface area contributed by atoms with E-state index in [0.717, 1.165) is 6.42 Å². The maximum atomic E-state index is 11.3. The van der Waals surface area contributed by atoms with Crippen LogP contribution in [0.15, 0.2) is 24.3 Å². The van der Waals surface area contributed by atoms with E-state index >= 15 is 0 Å². The predicted octanol–water partition coefficient (Wildman–Crippen LogP) is 1.19. The zero-order chi connectivity index (χ0) is 10.5. The van der Waals surface area contributed by atoms with Crippen LogP contribution in [-0.4, -0.2) is 18.1 Å². The molecule has 1 aliphatic heterocycles. The molecule has 1 fully saturated rings. The van der Waals surface area contributed by atoms with Gasteiger partial charge in [0.15, 0.2) is 0 Å². The Morgan fingerprint density at radius 2 is 2.27 bits per heavy atom. The highest BCUT2D eigenvalue weighted by Crippen LogP contribution is 2.42. The van der Waals surface area contributed by atoms with Gasteiger partial charge in [-0.05, 0) is 18.1 Å². The quantitative estimate of drug-likeness (QED) is 0.687. The molecule has 1 aromatic carbocycles. The minimum Gasteiger partial charge on any atom is -0.363 e. The minimum atomic E-state index is -0.252. The third kappa shape index (κ3) is 1.20. The van der Waals surface area contributed by atoms with Crippen molar-refractivity contribution in [3.05, 3.63) is 35.4 Å². The summed E-state index contributed by atoms with van der Waals surface area (Å²) in [6, 6.07) is 8.23. The van der Waals surface area contributed by atoms with Gasteiger partial charge < -0.3 is 10.1 Å². The molecule has 1 aromatic rings. The molecule has 0 spiro atoms. The summed E-state index contributed by atoms with van der Waals surface area (Å²) in [4.78, 5) is 11.3. The second-order valence-electron chi connectivity index (χ2n) is 4.48. The van der Waals surface area contributed by atoms with Gasteiger partial charge in [-0.1, -0.05) is 24.3 Å². The smallest absolute Gasteiger partial charge is 0.246 e. The summed E-state index contributed by atoms with van der Waals surface area (Å²) in [7, 11) is 0. The number of hydrogen-bond donors (Lipinski definition) is 1. The summed E-state index contributed by atoms with van der Waals surface area (Å²) in [5.74, 6) is -0.0193. The van der Waals surface area contributed by atoms with Crippen molar-refractivity contribution >= 4 is 5.91 Å². The van der Waals surface area contributed by atoms with Crippen molar-refractivity contribution in [2.24, 2.45) is 0 Å². The van der Waals surface area contributed by atoms with Gasteiger partial charge in [0.2, 0.25) is 5.91 Å². The summed E-state index contributed by atoms with van der Waals surface area (Å²) in [6.07, 6.45) is 0.883. The van der Waals surface area contributed by atoms with Crippen LogP contribution in [-0.2, 0) is 16.0 Å². The zero-order valence-corrected chi connectivity index (χ0v) is 8.62. The third-order valence-electron chi connectivity index (χ3n) is 3.36. The number of benzene rings is 1. The first-order valence-electron chi connectivity index (χ1n) is 5.20. The number of nitrogens with one attached hydrogen (secondary N) is 1. The molecule has 78 valence electrons. The van der Waals surface area contributed by atoms with E-state index in [-0.39, 0.29) is 24.2 Å². The van der Waals surface area contributed by atoms with Gasteiger partial charge in [0.05, 0.1) is 11.6 Å². The molecular formula is C12H13NO2. The highest BCUT2D eigenvalue weighted by Gasteiger charge is 2.47. The van der Waals surface area contributed by atoms with E-state index in [1.807, 2.05) is 12.1 Å². The molecule has 3 nitrogen and oxygen atoms in total. The highest BCUT2D eigenvalue weighted by molar-refractivity contribution is 5.79. The number of ether oxygens (including phenoxy) is 1. The summed E-state index contributed by atoms with van der Waals surface area (Å²) >= 11 is 0. The highest BCUT2D eigenvalue weighted by atomic mass is 16.5. The van der Waals surface area contributed by atoms with Gasteiger partial charge in [-0.2, -0.15) is 0 Å². The maximum Gasteiger partial charge on any atom is 0.246 e. The van der Waals surface area contributed by atoms with E-state index in [9.17, 15) is 4.79 Å². The van der Waals surface area contributed by atoms with E-state index in [1.165, 1.54) is 11.1 Å². The minimum absolute atomic E-state index is 0.0193. The lowest BCUT2D eigenvalue weighted by Crippen LogP contribution is -2.51. The molecule has 1 aliphatic carbocycles. The number of hydrogen-bond acceptors (Lipinski definition) is 2. The third-order valence-corrected chi connectivity index (χ3v) is 3.36. The lowest BCUT2D eigenvalue weighted by molar-refractivity contribution is -0.147. The van der Waals surface area contributed by atoms with Crippen LogP contribution in [0.3, 0.4) is 0 Å². The van der Waals surface area contributed by atoms with E-state index in [2.05, 4.69) is 24.4 Å². The van der Waals surface area contributed by atoms with Crippen LogP contribution in [0.1, 0.15) is 24.1 Å². The van der Waals surface area contributed by atoms with Gasteiger partial charge in [-0.25, -0.2) is 0 Å². The first kappa shape index (κ1) is 8.92. The number of carbonyl (C=O) groups is 1. The molecule has 0 unspecified atom stereocenters. The van der Waals surface area contributed by atoms with Crippen LogP contribution in [0.4, 0.5) is 0 Å². The maximum absolute atomic E-state index is 11.3. The Morgan fingerprint density at radius 1 is 1.47 bits per heavy atom. The SMILES string of the molecule is C[C@]12Cc3ccccc3[C@@H]1NC(=O)CO2. The van der Waals surface area contributed by atoms with Crippen molar-refractivity contribution in [1.82, 2.24) is 5.32 Å². The van der Waals surface area contributed by atoms with E-state index < -0.39 is 0 Å². The average Bonchev–Trinajstić information content (AvgIpc) is 2.51. The van der Waals surface area contributed by atoms with Crippen LogP contribution in [0.2, 0.25) is 0 Å². The fourth-order valence-corrected chi connectivity index (χ4v) is 2.58. The second kappa shape index (κ2) is 2.83. The Bertz CT molecular complexity index is 429. The largest absolute Gasteiger partial charge is 0.363 e. The Kier molecular flexibility index (Phi) is 1.68. The average molecular weight is 203 g/mol. The Labute approximate surface area is 88.4 Å². The second-order valence-corrected chi connectivity index (χ2v) is 4.48. The summed E-state index contributed by atoms with van der Waals surface area (Å²) in [5, 5.41) is 3.01. The normalized spacial score (nSPS) is 33.1. The van der Waals surface area contributed by atoms with Crippen LogP contribution < -0.4 is 5.32 Å². The van der Waals surface area contributed by atoms with Crippen molar-refractivity contribution < 1.29 is 9.53 Å². The van der Waals surface area contributed by atoms with Gasteiger partial charge in [0.1, 0.15) is 6.61 Å². The van der Waals surface area contributed by atoms with Crippen LogP contribution in [0, 0.1) is 0 Å². The summed E-state index contributed by atoms with van der Waals surface area (Å²) < 4.78 is 5.67. The van der Waals surface area contributed by atoms with E-state index in [0.29, 0.717) is 0 Å². The molecule has 1 saturated heterocycles. The van der Waals surface area contributed by atoms with Crippen LogP contribution in [0.25, 0.3) is 0 Å². The number of fused-ring (bicyclic) bond motifs is 3. The Hall–Kier alpha value is -1.35. The van der Waals surface area contributed by atoms with Gasteiger partial charge in [-0.15, -0.1) is 0 Å². The van der Waals surface area contributed by atoms with Crippen molar-refractivity contribution in [3.63, 3.8) is 0 Å². The van der Waals surface area contributed by atoms with Crippen molar-refractivity contribution in [1.29, 1.82) is 0 Å². The van der Waals surface area contributed by atoms with Crippen molar-refractivity contribution in [3.8, 4) is 0 Å². The molecule has 0 saturated carbocycles. The van der Waals surface area contributed by atoms with Crippen molar-refractivity contribution in [2.75, 3.05) is 6.61 Å². The standard InChI is InChI=1S/C12H13NO2/c1-12-6-8-4-2-3-5-9(8)11(12)13-10(14)7-15-12/h2-5,11H,6-7H2,1H3,(H,13,14)/t11-,12-/m0/s1. The molecule has 1 N–H and O–H groups in total. The molecule has 15 heavy (non-hydrogen) atoms. The number of morpholine rings is 1. The number of amides is 1. The fraction of sp³-hybridized carbons (Fsp3) is 0.417. The van der Waals surface area contributed by atoms with Crippen LogP contribution >= 0.6 is 0 Å². The molecule has 0 bridgehead atoms. The zero-order valence-electron chi connectivity index (χ0n) is 8.62. The number of carbonyl (C=O) groups excluding carboxylic acids is 1. The topological polar surface area (TPSA) is 38.3 Å².